The molecule has 1 aromatic heterocycles. The molecule has 0 spiro atoms. The number of methoxy groups -OCH3 is 2. The van der Waals surface area contributed by atoms with E-state index in [2.05, 4.69) is 20.6 Å². The van der Waals surface area contributed by atoms with Gasteiger partial charge in [-0.15, -0.1) is 0 Å². The van der Waals surface area contributed by atoms with Crippen LogP contribution in [0.15, 0.2) is 54.7 Å². The number of hydrogen-bond donors (Lipinski definition) is 2. The summed E-state index contributed by atoms with van der Waals surface area (Å²) in [6, 6.07) is 13.5. The molecule has 1 heterocycles. The minimum absolute atomic E-state index is 0.0464. The number of amides is 1. The monoisotopic (exact) mass is 392 g/mol. The maximum absolute atomic E-state index is 12.7. The van der Waals surface area contributed by atoms with Gasteiger partial charge in [0.1, 0.15) is 17.2 Å². The molecule has 0 atom stereocenters. The van der Waals surface area contributed by atoms with E-state index in [-0.39, 0.29) is 17.4 Å². The summed E-state index contributed by atoms with van der Waals surface area (Å²) >= 11 is 0. The van der Waals surface area contributed by atoms with E-state index < -0.39 is 5.91 Å². The van der Waals surface area contributed by atoms with E-state index in [1.165, 1.54) is 33.4 Å². The molecule has 0 aliphatic rings. The lowest BCUT2D eigenvalue weighted by molar-refractivity contribution is 0.101. The Balaban J connectivity index is 1.80. The van der Waals surface area contributed by atoms with Crippen LogP contribution >= 0.6 is 0 Å². The lowest BCUT2D eigenvalue weighted by atomic mass is 10.1. The van der Waals surface area contributed by atoms with Gasteiger partial charge in [0, 0.05) is 23.5 Å². The number of nitrogens with one attached hydrogen (secondary N) is 2. The first kappa shape index (κ1) is 19.8. The van der Waals surface area contributed by atoms with Crippen LogP contribution in [0.25, 0.3) is 0 Å². The van der Waals surface area contributed by atoms with E-state index in [0.29, 0.717) is 28.4 Å². The first-order chi connectivity index (χ1) is 14.0. The van der Waals surface area contributed by atoms with Crippen molar-refractivity contribution in [3.63, 3.8) is 0 Å². The average molecular weight is 392 g/mol. The van der Waals surface area contributed by atoms with Crippen LogP contribution in [-0.2, 0) is 0 Å². The summed E-state index contributed by atoms with van der Waals surface area (Å²) in [5.74, 6) is 0.828. The fourth-order valence-electron chi connectivity index (χ4n) is 2.59. The Morgan fingerprint density at radius 2 is 1.83 bits per heavy atom. The summed E-state index contributed by atoms with van der Waals surface area (Å²) in [5, 5.41) is 5.76. The molecule has 0 fully saturated rings. The molecule has 148 valence electrons. The van der Waals surface area contributed by atoms with Gasteiger partial charge in [0.05, 0.1) is 19.9 Å². The number of rotatable bonds is 7. The zero-order chi connectivity index (χ0) is 20.8. The Kier molecular flexibility index (Phi) is 6.03. The molecule has 8 nitrogen and oxygen atoms in total. The van der Waals surface area contributed by atoms with E-state index in [4.69, 9.17) is 9.47 Å². The van der Waals surface area contributed by atoms with Crippen molar-refractivity contribution in [1.29, 1.82) is 0 Å². The number of anilines is 3. The van der Waals surface area contributed by atoms with Crippen molar-refractivity contribution in [2.75, 3.05) is 24.9 Å². The summed E-state index contributed by atoms with van der Waals surface area (Å²) < 4.78 is 10.5. The first-order valence-electron chi connectivity index (χ1n) is 8.74. The molecule has 2 N–H and O–H groups in total. The van der Waals surface area contributed by atoms with Gasteiger partial charge in [-0.05, 0) is 37.3 Å². The Labute approximate surface area is 167 Å². The van der Waals surface area contributed by atoms with Gasteiger partial charge in [-0.25, -0.2) is 9.97 Å². The molecule has 0 bridgehead atoms. The quantitative estimate of drug-likeness (QED) is 0.591. The van der Waals surface area contributed by atoms with Crippen molar-refractivity contribution in [3.05, 3.63) is 66.0 Å². The SMILES string of the molecule is COc1ccc(OC)c(NC(=O)c2ccnc(Nc3cccc(C(C)=O)c3)n2)c1. The summed E-state index contributed by atoms with van der Waals surface area (Å²) in [7, 11) is 3.05. The normalized spacial score (nSPS) is 10.2. The lowest BCUT2D eigenvalue weighted by Crippen LogP contribution is -2.15. The van der Waals surface area contributed by atoms with Crippen molar-refractivity contribution >= 4 is 29.0 Å². The van der Waals surface area contributed by atoms with E-state index >= 15 is 0 Å². The lowest BCUT2D eigenvalue weighted by Gasteiger charge is -2.12. The predicted molar refractivity (Wildman–Crippen MR) is 109 cm³/mol. The zero-order valence-electron chi connectivity index (χ0n) is 16.2. The van der Waals surface area contributed by atoms with Crippen molar-refractivity contribution in [3.8, 4) is 11.5 Å². The van der Waals surface area contributed by atoms with Gasteiger partial charge in [-0.1, -0.05) is 12.1 Å². The molecule has 1 amide bonds. The average Bonchev–Trinajstić information content (AvgIpc) is 2.74. The van der Waals surface area contributed by atoms with Crippen LogP contribution in [0.2, 0.25) is 0 Å². The molecule has 0 aliphatic heterocycles. The number of carbonyl (C=O) groups excluding carboxylic acids is 2. The Hall–Kier alpha value is -3.94. The van der Waals surface area contributed by atoms with Crippen LogP contribution in [0, 0.1) is 0 Å². The highest BCUT2D eigenvalue weighted by Gasteiger charge is 2.13. The molecular weight excluding hydrogens is 372 g/mol. The van der Waals surface area contributed by atoms with Crippen molar-refractivity contribution in [2.24, 2.45) is 0 Å². The van der Waals surface area contributed by atoms with E-state index in [0.717, 1.165) is 0 Å². The Morgan fingerprint density at radius 1 is 1.00 bits per heavy atom. The molecule has 3 aromatic rings. The van der Waals surface area contributed by atoms with E-state index in [1.54, 1.807) is 42.5 Å². The van der Waals surface area contributed by atoms with Gasteiger partial charge in [-0.2, -0.15) is 0 Å². The third-order valence-electron chi connectivity index (χ3n) is 4.07. The van der Waals surface area contributed by atoms with E-state index in [1.807, 2.05) is 0 Å². The summed E-state index contributed by atoms with van der Waals surface area (Å²) in [4.78, 5) is 32.6. The minimum atomic E-state index is -0.431. The molecule has 0 aliphatic carbocycles. The number of carbonyl (C=O) groups is 2. The number of ether oxygens (including phenoxy) is 2. The number of aromatic nitrogens is 2. The summed E-state index contributed by atoms with van der Waals surface area (Å²) in [5.41, 5.74) is 1.83. The minimum Gasteiger partial charge on any atom is -0.497 e. The van der Waals surface area contributed by atoms with Crippen LogP contribution in [-0.4, -0.2) is 35.9 Å². The standard InChI is InChI=1S/C21H20N4O4/c1-13(26)14-5-4-6-15(11-14)23-21-22-10-9-17(25-21)20(27)24-18-12-16(28-2)7-8-19(18)29-3/h4-12H,1-3H3,(H,24,27)(H,22,23,25). The number of benzene rings is 2. The molecule has 3 rings (SSSR count). The molecule has 8 heteroatoms. The largest absolute Gasteiger partial charge is 0.497 e. The molecule has 2 aromatic carbocycles. The number of ketones is 1. The van der Waals surface area contributed by atoms with Gasteiger partial charge < -0.3 is 20.1 Å². The van der Waals surface area contributed by atoms with Crippen LogP contribution in [0.5, 0.6) is 11.5 Å². The third-order valence-corrected chi connectivity index (χ3v) is 4.07. The fourth-order valence-corrected chi connectivity index (χ4v) is 2.59. The number of Topliss-reactive ketones (excluding diaryl/α,β-unsaturated/α-hetero) is 1. The highest BCUT2D eigenvalue weighted by atomic mass is 16.5. The zero-order valence-corrected chi connectivity index (χ0v) is 16.2. The Morgan fingerprint density at radius 3 is 2.55 bits per heavy atom. The van der Waals surface area contributed by atoms with Gasteiger partial charge in [-0.3, -0.25) is 9.59 Å². The van der Waals surface area contributed by atoms with Crippen molar-refractivity contribution in [2.45, 2.75) is 6.92 Å². The van der Waals surface area contributed by atoms with Crippen LogP contribution in [0.3, 0.4) is 0 Å². The molecule has 0 saturated heterocycles. The second kappa shape index (κ2) is 8.83. The van der Waals surface area contributed by atoms with E-state index in [9.17, 15) is 9.59 Å². The second-order valence-electron chi connectivity index (χ2n) is 6.05. The fraction of sp³-hybridized carbons (Fsp3) is 0.143. The maximum atomic E-state index is 12.7. The third kappa shape index (κ3) is 4.86. The summed E-state index contributed by atoms with van der Waals surface area (Å²) in [6.45, 7) is 1.49. The van der Waals surface area contributed by atoms with Gasteiger partial charge in [0.15, 0.2) is 5.78 Å². The molecule has 0 saturated carbocycles. The molecule has 0 unspecified atom stereocenters. The van der Waals surface area contributed by atoms with Crippen molar-refractivity contribution in [1.82, 2.24) is 9.97 Å². The maximum Gasteiger partial charge on any atom is 0.274 e. The predicted octanol–water partition coefficient (Wildman–Crippen LogP) is 3.69. The van der Waals surface area contributed by atoms with Crippen LogP contribution in [0.4, 0.5) is 17.3 Å². The van der Waals surface area contributed by atoms with Crippen molar-refractivity contribution < 1.29 is 19.1 Å². The molecule has 0 radical (unpaired) electrons. The van der Waals surface area contributed by atoms with Crippen LogP contribution < -0.4 is 20.1 Å². The molecular formula is C21H20N4O4. The van der Waals surface area contributed by atoms with Gasteiger partial charge in [0.2, 0.25) is 5.95 Å². The first-order valence-corrected chi connectivity index (χ1v) is 8.74. The highest BCUT2D eigenvalue weighted by molar-refractivity contribution is 6.04. The number of hydrogen-bond acceptors (Lipinski definition) is 7. The number of nitrogens with zero attached hydrogens (tertiary/aromatic N) is 2. The topological polar surface area (TPSA) is 102 Å². The van der Waals surface area contributed by atoms with Gasteiger partial charge >= 0.3 is 0 Å². The second-order valence-corrected chi connectivity index (χ2v) is 6.05. The highest BCUT2D eigenvalue weighted by Crippen LogP contribution is 2.29. The Bertz CT molecular complexity index is 1050. The summed E-state index contributed by atoms with van der Waals surface area (Å²) in [6.07, 6.45) is 1.47. The molecule has 29 heavy (non-hydrogen) atoms. The smallest absolute Gasteiger partial charge is 0.274 e. The van der Waals surface area contributed by atoms with Gasteiger partial charge in [0.25, 0.3) is 5.91 Å². The van der Waals surface area contributed by atoms with Crippen LogP contribution in [0.1, 0.15) is 27.8 Å².